The Labute approximate surface area is 879 Å². The summed E-state index contributed by atoms with van der Waals surface area (Å²) in [5.41, 5.74) is 15.1. The molecule has 0 spiro atoms. The second-order valence-electron chi connectivity index (χ2n) is 39.3. The lowest BCUT2D eigenvalue weighted by Gasteiger charge is -2.37. The number of benzene rings is 10. The van der Waals surface area contributed by atoms with Gasteiger partial charge in [0.05, 0.1) is 81.5 Å². The molecule has 2 unspecified atom stereocenters. The normalized spacial score (nSPS) is 18.4. The van der Waals surface area contributed by atoms with Gasteiger partial charge in [-0.2, -0.15) is 0 Å². The van der Waals surface area contributed by atoms with Gasteiger partial charge in [-0.05, 0) is 285 Å². The van der Waals surface area contributed by atoms with Crippen molar-refractivity contribution in [3.63, 3.8) is 0 Å². The summed E-state index contributed by atoms with van der Waals surface area (Å²) in [6.07, 6.45) is 5.65. The van der Waals surface area contributed by atoms with Gasteiger partial charge in [-0.25, -0.2) is 22.6 Å². The first-order chi connectivity index (χ1) is 70.5. The number of halogens is 2. The first kappa shape index (κ1) is 108. The Balaban J connectivity index is 0.000000201. The predicted octanol–water partition coefficient (Wildman–Crippen LogP) is 22.5. The minimum atomic E-state index is -4.56. The van der Waals surface area contributed by atoms with Gasteiger partial charge in [-0.15, -0.1) is 23.5 Å². The smallest absolute Gasteiger partial charge is 0.469 e. The van der Waals surface area contributed by atoms with Crippen molar-refractivity contribution in [2.45, 2.75) is 132 Å². The van der Waals surface area contributed by atoms with E-state index in [0.29, 0.717) is 112 Å². The molecular weight excluding hydrogens is 2020 g/mol. The summed E-state index contributed by atoms with van der Waals surface area (Å²) in [4.78, 5) is 73.2. The third-order valence-electron chi connectivity index (χ3n) is 28.9. The first-order valence-corrected chi connectivity index (χ1v) is 59.6. The molecule has 0 bridgehead atoms. The number of aliphatic hydroxyl groups excluding tert-OH is 1. The van der Waals surface area contributed by atoms with Crippen LogP contribution in [-0.2, 0) is 49.9 Å². The van der Waals surface area contributed by atoms with Crippen LogP contribution in [0.3, 0.4) is 0 Å². The largest absolute Gasteiger partial charge is 0.478 e. The Hall–Kier alpha value is -10.5. The van der Waals surface area contributed by atoms with Gasteiger partial charge in [0.1, 0.15) is 0 Å². The fourth-order valence-electron chi connectivity index (χ4n) is 21.5. The van der Waals surface area contributed by atoms with Crippen LogP contribution in [0.4, 0.5) is 39.8 Å². The number of nitro groups is 1. The number of carbonyl (C=O) groups is 2. The molecule has 776 valence electrons. The molecule has 6 aliphatic heterocycles. The quantitative estimate of drug-likeness (QED) is 0.0105. The van der Waals surface area contributed by atoms with Gasteiger partial charge in [0.2, 0.25) is 0 Å². The van der Waals surface area contributed by atoms with Crippen molar-refractivity contribution < 1.29 is 75.3 Å². The Morgan fingerprint density at radius 3 is 1.25 bits per heavy atom. The molecule has 28 nitrogen and oxygen atoms in total. The second kappa shape index (κ2) is 47.4. The molecule has 0 amide bonds. The Kier molecular flexibility index (Phi) is 34.7. The van der Waals surface area contributed by atoms with E-state index in [1.54, 1.807) is 57.1 Å². The van der Waals surface area contributed by atoms with Gasteiger partial charge in [-0.1, -0.05) is 120 Å². The number of aromatic nitrogens is 2. The summed E-state index contributed by atoms with van der Waals surface area (Å²) in [6.45, 7) is 23.7. The summed E-state index contributed by atoms with van der Waals surface area (Å²) >= 11 is 16.1. The standard InChI is InChI=1S/C56H65ClN5O7PS2.C55H63ClN6O10P2S/c1-39(2)62-40(3)53(56(64)65)54(55(62)42-13-16-45(57)17-14-42)44-9-8-10-48(36-44)60-31-29-59(30-32-60)46-18-20-47(21-19-46)61-33-34-69-70(61,66)50-22-15-43(52(37-50)72(4,67)68)35-41(38-71-51-11-6-5-7-12-51)23-26-58-27-24-49(63)25-28-58;1-38(2)61-39(3)52(55(63)64)53(54(61)41-12-15-44(56)16-13-41)43-8-7-9-47(35-43)59-30-28-58(29-31-59)45-17-19-46(20-18-45)60-32-33-71-73(60,67)49-21-14-42(51(36-49)62(65)66)34-40(37-75-50-10-5-4-6-11-50)22-25-57-26-23-48(24-27-57)72-74(68,69)70/h5-22,36-37,39,41,49,63H,23-35,38H2,1-4H3,(H,64,65);4-21,35-36,38,40,48H,22-34,37H2,1-3H3,(H,63,64)(H2,68,69,70)/t41-,70?;40-,73?/m00/s1. The summed E-state index contributed by atoms with van der Waals surface area (Å²) in [5, 5.41) is 45.9. The van der Waals surface area contributed by atoms with Crippen LogP contribution < -0.4 is 39.5 Å². The molecule has 6 fully saturated rings. The number of likely N-dealkylation sites (tertiary alicyclic amines) is 2. The highest BCUT2D eigenvalue weighted by molar-refractivity contribution is 7.99. The van der Waals surface area contributed by atoms with Crippen molar-refractivity contribution in [2.75, 3.05) is 165 Å². The van der Waals surface area contributed by atoms with E-state index in [1.165, 1.54) is 17.2 Å². The molecule has 147 heavy (non-hydrogen) atoms. The Morgan fingerprint density at radius 2 is 0.864 bits per heavy atom. The van der Waals surface area contributed by atoms with Crippen molar-refractivity contribution in [3.05, 3.63) is 296 Å². The third-order valence-corrected chi connectivity index (χ3v) is 38.7. The van der Waals surface area contributed by atoms with Gasteiger partial charge in [0.25, 0.3) is 5.69 Å². The number of rotatable bonds is 36. The van der Waals surface area contributed by atoms with Crippen molar-refractivity contribution in [1.82, 2.24) is 18.9 Å². The predicted molar refractivity (Wildman–Crippen MR) is 592 cm³/mol. The summed E-state index contributed by atoms with van der Waals surface area (Å²) in [5.74, 6) is -0.178. The zero-order chi connectivity index (χ0) is 104. The maximum Gasteiger partial charge on any atom is 0.469 e. The minimum absolute atomic E-state index is 0.00696. The lowest BCUT2D eigenvalue weighted by molar-refractivity contribution is -0.385. The number of nitro benzene ring substituents is 1. The number of aliphatic hydroxyl groups is 1. The molecule has 2 aromatic heterocycles. The zero-order valence-corrected chi connectivity index (χ0v) is 90.4. The average Bonchev–Trinajstić information content (AvgIpc) is 1.56. The van der Waals surface area contributed by atoms with Crippen LogP contribution in [0.15, 0.2) is 257 Å². The number of piperidine rings is 2. The molecule has 8 heterocycles. The van der Waals surface area contributed by atoms with Crippen LogP contribution >= 0.6 is 69.6 Å². The molecule has 36 heteroatoms. The molecule has 0 aliphatic carbocycles. The van der Waals surface area contributed by atoms with Gasteiger partial charge in [0.15, 0.2) is 9.84 Å². The third kappa shape index (κ3) is 25.4. The number of phosphoric ester groups is 1. The highest BCUT2D eigenvalue weighted by Gasteiger charge is 2.44. The number of sulfone groups is 1. The van der Waals surface area contributed by atoms with Crippen LogP contribution in [-0.4, -0.2) is 217 Å². The van der Waals surface area contributed by atoms with Crippen molar-refractivity contribution in [1.29, 1.82) is 0 Å². The minimum Gasteiger partial charge on any atom is -0.478 e. The van der Waals surface area contributed by atoms with E-state index in [9.17, 15) is 62.4 Å². The molecular formula is C111H128Cl2N11O17P3S3. The highest BCUT2D eigenvalue weighted by atomic mass is 35.5. The van der Waals surface area contributed by atoms with Gasteiger partial charge in [-0.3, -0.25) is 33.1 Å². The topological polar surface area (TPSA) is 327 Å². The molecule has 10 aromatic carbocycles. The van der Waals surface area contributed by atoms with Gasteiger partial charge < -0.3 is 72.7 Å². The van der Waals surface area contributed by atoms with Gasteiger partial charge in [0, 0.05) is 196 Å². The number of hydrogen-bond donors (Lipinski definition) is 5. The van der Waals surface area contributed by atoms with Crippen LogP contribution in [0.1, 0.15) is 122 Å². The Morgan fingerprint density at radius 1 is 0.483 bits per heavy atom. The van der Waals surface area contributed by atoms with E-state index in [1.807, 2.05) is 190 Å². The molecule has 6 saturated heterocycles. The van der Waals surface area contributed by atoms with E-state index < -0.39 is 55.7 Å². The average molecular weight is 2150 g/mol. The number of phosphoric acid groups is 1. The van der Waals surface area contributed by atoms with Gasteiger partial charge >= 0.3 is 34.8 Å². The fourth-order valence-corrected chi connectivity index (χ4v) is 30.0. The van der Waals surface area contributed by atoms with E-state index in [4.69, 9.17) is 36.8 Å². The van der Waals surface area contributed by atoms with Crippen molar-refractivity contribution in [2.24, 2.45) is 11.8 Å². The van der Waals surface area contributed by atoms with E-state index in [-0.39, 0.29) is 64.7 Å². The summed E-state index contributed by atoms with van der Waals surface area (Å²) < 4.78 is 93.3. The number of carboxylic acid groups (broad SMARTS) is 2. The molecule has 6 aliphatic rings. The molecule has 0 radical (unpaired) electrons. The van der Waals surface area contributed by atoms with Crippen LogP contribution in [0.5, 0.6) is 0 Å². The lowest BCUT2D eigenvalue weighted by Crippen LogP contribution is -2.46. The van der Waals surface area contributed by atoms with E-state index in [2.05, 4.69) is 103 Å². The number of thioether (sulfide) groups is 2. The molecule has 4 atom stereocenters. The number of aromatic carboxylic acids is 2. The second-order valence-corrected chi connectivity index (χ2v) is 50.1. The van der Waals surface area contributed by atoms with E-state index in [0.717, 1.165) is 183 Å². The summed E-state index contributed by atoms with van der Waals surface area (Å²) in [6, 6.07) is 77.7. The molecule has 12 aromatic rings. The molecule has 18 rings (SSSR count). The van der Waals surface area contributed by atoms with Crippen LogP contribution in [0.25, 0.3) is 44.8 Å². The number of hydrogen-bond acceptors (Lipinski definition) is 21. The number of piperazine rings is 2. The lowest BCUT2D eigenvalue weighted by atomic mass is 9.96. The molecule has 5 N–H and O–H groups in total. The maximum atomic E-state index is 15.0. The highest BCUT2D eigenvalue weighted by Crippen LogP contribution is 2.58. The maximum absolute atomic E-state index is 15.0. The van der Waals surface area contributed by atoms with Crippen molar-refractivity contribution >= 4 is 142 Å². The zero-order valence-electron chi connectivity index (χ0n) is 83.7. The van der Waals surface area contributed by atoms with Crippen LogP contribution in [0.2, 0.25) is 10.0 Å². The SMILES string of the molecule is Cc1c(C(=O)O)c(-c2cccc(N3CCN(c4ccc(N5CCOP5(=O)c5ccc(C[C@H](CCN6CCC(O)CC6)CSc6ccccc6)c(S(C)(=O)=O)c5)cc4)CC3)c2)c(-c2ccc(Cl)cc2)n1C(C)C.Cc1c(C(=O)O)c(-c2cccc(N3CCN(c4ccc(N5CCOP5(=O)c5ccc(C[C@H](CCN6CCC(OP(=O)(O)O)CC6)CSc6ccccc6)c([N+](=O)[O-])c5)cc4)CC3)c2)c(-c2ccc(Cl)cc2)n1C(C)C. The summed E-state index contributed by atoms with van der Waals surface area (Å²) in [7, 11) is -15.7. The number of anilines is 6. The monoisotopic (exact) mass is 2150 g/mol. The first-order valence-electron chi connectivity index (χ1n) is 50.3. The number of carboxylic acids is 2. The fraction of sp³-hybridized carbons (Fsp3) is 0.369. The number of nitrogens with zero attached hydrogens (tertiary/aromatic N) is 11. The Bertz CT molecular complexity index is 6940. The van der Waals surface area contributed by atoms with Crippen LogP contribution in [0, 0.1) is 35.8 Å². The molecule has 0 saturated carbocycles. The van der Waals surface area contributed by atoms with Crippen molar-refractivity contribution in [3.8, 4) is 44.8 Å². The van der Waals surface area contributed by atoms with E-state index >= 15 is 4.57 Å².